The van der Waals surface area contributed by atoms with Crippen LogP contribution in [0, 0.1) is 17.5 Å². The maximum Gasteiger partial charge on any atom is 0.173 e. The third-order valence-corrected chi connectivity index (χ3v) is 3.45. The number of thioether (sulfide) groups is 1. The maximum atomic E-state index is 13.3. The summed E-state index contributed by atoms with van der Waals surface area (Å²) >= 11 is 0.951. The van der Waals surface area contributed by atoms with Crippen LogP contribution in [0.2, 0.25) is 0 Å². The number of ketones is 1. The van der Waals surface area contributed by atoms with Crippen molar-refractivity contribution in [2.45, 2.75) is 4.90 Å². The van der Waals surface area contributed by atoms with Crippen LogP contribution in [0.15, 0.2) is 47.4 Å². The lowest BCUT2D eigenvalue weighted by molar-refractivity contribution is 0.102. The molecule has 0 fully saturated rings. The summed E-state index contributed by atoms with van der Waals surface area (Å²) in [6.07, 6.45) is 0. The first-order chi connectivity index (χ1) is 9.06. The van der Waals surface area contributed by atoms with Gasteiger partial charge >= 0.3 is 0 Å². The van der Waals surface area contributed by atoms with Crippen molar-refractivity contribution in [3.05, 3.63) is 65.5 Å². The molecule has 0 N–H and O–H groups in total. The van der Waals surface area contributed by atoms with E-state index in [1.54, 1.807) is 0 Å². The van der Waals surface area contributed by atoms with Crippen molar-refractivity contribution < 1.29 is 18.0 Å². The van der Waals surface area contributed by atoms with E-state index >= 15 is 0 Å². The van der Waals surface area contributed by atoms with Crippen LogP contribution in [0.1, 0.15) is 10.4 Å². The molecule has 5 heteroatoms. The molecule has 0 saturated heterocycles. The van der Waals surface area contributed by atoms with Crippen LogP contribution in [0.4, 0.5) is 13.2 Å². The average Bonchev–Trinajstić information content (AvgIpc) is 2.37. The Kier molecular flexibility index (Phi) is 4.27. The monoisotopic (exact) mass is 282 g/mol. The van der Waals surface area contributed by atoms with Gasteiger partial charge in [-0.15, -0.1) is 11.8 Å². The maximum absolute atomic E-state index is 13.3. The predicted octanol–water partition coefficient (Wildman–Crippen LogP) is 4.08. The molecular weight excluding hydrogens is 273 g/mol. The smallest absolute Gasteiger partial charge is 0.173 e. The summed E-state index contributed by atoms with van der Waals surface area (Å²) < 4.78 is 39.0. The Morgan fingerprint density at radius 2 is 1.74 bits per heavy atom. The van der Waals surface area contributed by atoms with E-state index < -0.39 is 17.5 Å². The molecule has 0 amide bonds. The van der Waals surface area contributed by atoms with Gasteiger partial charge in [-0.1, -0.05) is 12.1 Å². The molecule has 0 saturated carbocycles. The normalized spacial score (nSPS) is 10.5. The van der Waals surface area contributed by atoms with Crippen LogP contribution >= 0.6 is 11.8 Å². The molecule has 0 heterocycles. The van der Waals surface area contributed by atoms with Gasteiger partial charge in [-0.25, -0.2) is 13.2 Å². The van der Waals surface area contributed by atoms with E-state index in [2.05, 4.69) is 0 Å². The second kappa shape index (κ2) is 5.93. The number of carbonyl (C=O) groups is 1. The standard InChI is InChI=1S/C14H9F3OS/c15-10-3-1-2-9(6-10)13(18)8-19-14-5-4-11(16)7-12(14)17/h1-7H,8H2. The molecule has 0 atom stereocenters. The molecule has 2 rings (SSSR count). The second-order valence-corrected chi connectivity index (χ2v) is 4.81. The largest absolute Gasteiger partial charge is 0.293 e. The summed E-state index contributed by atoms with van der Waals surface area (Å²) in [6, 6.07) is 8.45. The summed E-state index contributed by atoms with van der Waals surface area (Å²) in [7, 11) is 0. The van der Waals surface area contributed by atoms with Gasteiger partial charge in [-0.05, 0) is 24.3 Å². The second-order valence-electron chi connectivity index (χ2n) is 3.80. The van der Waals surface area contributed by atoms with Crippen LogP contribution in [0.3, 0.4) is 0 Å². The van der Waals surface area contributed by atoms with E-state index in [-0.39, 0.29) is 22.0 Å². The van der Waals surface area contributed by atoms with Crippen LogP contribution in [0.25, 0.3) is 0 Å². The highest BCUT2D eigenvalue weighted by Gasteiger charge is 2.10. The minimum Gasteiger partial charge on any atom is -0.293 e. The molecule has 0 aliphatic rings. The fourth-order valence-electron chi connectivity index (χ4n) is 1.48. The zero-order valence-electron chi connectivity index (χ0n) is 9.70. The molecule has 98 valence electrons. The summed E-state index contributed by atoms with van der Waals surface area (Å²) in [5, 5.41) is 0. The van der Waals surface area contributed by atoms with Crippen LogP contribution < -0.4 is 0 Å². The number of benzene rings is 2. The van der Waals surface area contributed by atoms with Gasteiger partial charge in [-0.3, -0.25) is 4.79 Å². The Labute approximate surface area is 112 Å². The molecule has 0 aliphatic carbocycles. The Hall–Kier alpha value is -1.75. The van der Waals surface area contributed by atoms with Crippen LogP contribution in [-0.4, -0.2) is 11.5 Å². The quantitative estimate of drug-likeness (QED) is 0.621. The average molecular weight is 282 g/mol. The van der Waals surface area contributed by atoms with Gasteiger partial charge in [0.2, 0.25) is 0 Å². The van der Waals surface area contributed by atoms with Crippen molar-refractivity contribution in [2.75, 3.05) is 5.75 Å². The van der Waals surface area contributed by atoms with E-state index in [9.17, 15) is 18.0 Å². The topological polar surface area (TPSA) is 17.1 Å². The molecule has 0 radical (unpaired) electrons. The van der Waals surface area contributed by atoms with Crippen molar-refractivity contribution in [1.82, 2.24) is 0 Å². The fraction of sp³-hybridized carbons (Fsp3) is 0.0714. The van der Waals surface area contributed by atoms with Crippen molar-refractivity contribution in [3.63, 3.8) is 0 Å². The van der Waals surface area contributed by atoms with Gasteiger partial charge in [0.15, 0.2) is 5.78 Å². The van der Waals surface area contributed by atoms with Gasteiger partial charge in [-0.2, -0.15) is 0 Å². The molecule has 0 unspecified atom stereocenters. The molecule has 0 bridgehead atoms. The minimum absolute atomic E-state index is 0.0357. The lowest BCUT2D eigenvalue weighted by atomic mass is 10.1. The van der Waals surface area contributed by atoms with Crippen molar-refractivity contribution in [2.24, 2.45) is 0 Å². The van der Waals surface area contributed by atoms with Crippen molar-refractivity contribution in [1.29, 1.82) is 0 Å². The Morgan fingerprint density at radius 3 is 2.42 bits per heavy atom. The number of hydrogen-bond donors (Lipinski definition) is 0. The molecule has 1 nitrogen and oxygen atoms in total. The molecule has 0 aliphatic heterocycles. The zero-order valence-corrected chi connectivity index (χ0v) is 10.5. The first kappa shape index (κ1) is 13.7. The van der Waals surface area contributed by atoms with Gasteiger partial charge < -0.3 is 0 Å². The summed E-state index contributed by atoms with van der Waals surface area (Å²) in [4.78, 5) is 12.0. The van der Waals surface area contributed by atoms with E-state index in [1.807, 2.05) is 0 Å². The van der Waals surface area contributed by atoms with Crippen LogP contribution in [0.5, 0.6) is 0 Å². The zero-order chi connectivity index (χ0) is 13.8. The predicted molar refractivity (Wildman–Crippen MR) is 67.8 cm³/mol. The molecule has 2 aromatic rings. The number of hydrogen-bond acceptors (Lipinski definition) is 2. The van der Waals surface area contributed by atoms with E-state index in [4.69, 9.17) is 0 Å². The molecule has 19 heavy (non-hydrogen) atoms. The van der Waals surface area contributed by atoms with Crippen molar-refractivity contribution in [3.8, 4) is 0 Å². The van der Waals surface area contributed by atoms with Gasteiger partial charge in [0.25, 0.3) is 0 Å². The number of Topliss-reactive ketones (excluding diaryl/α,β-unsaturated/α-hetero) is 1. The Balaban J connectivity index is 2.04. The molecule has 0 aromatic heterocycles. The van der Waals surface area contributed by atoms with Gasteiger partial charge in [0.1, 0.15) is 17.5 Å². The SMILES string of the molecule is O=C(CSc1ccc(F)cc1F)c1cccc(F)c1. The lowest BCUT2D eigenvalue weighted by Gasteiger charge is -2.03. The minimum atomic E-state index is -0.711. The van der Waals surface area contributed by atoms with E-state index in [0.717, 1.165) is 30.0 Å². The summed E-state index contributed by atoms with van der Waals surface area (Å²) in [5.74, 6) is -2.22. The van der Waals surface area contributed by atoms with E-state index in [1.165, 1.54) is 24.3 Å². The fourth-order valence-corrected chi connectivity index (χ4v) is 2.30. The summed E-state index contributed by atoms with van der Waals surface area (Å²) in [6.45, 7) is 0. The Morgan fingerprint density at radius 1 is 1.00 bits per heavy atom. The number of rotatable bonds is 4. The lowest BCUT2D eigenvalue weighted by Crippen LogP contribution is -2.03. The number of halogens is 3. The first-order valence-corrected chi connectivity index (χ1v) is 6.41. The first-order valence-electron chi connectivity index (χ1n) is 5.43. The van der Waals surface area contributed by atoms with Gasteiger partial charge in [0, 0.05) is 16.5 Å². The molecule has 0 spiro atoms. The number of carbonyl (C=O) groups excluding carboxylic acids is 1. The highest BCUT2D eigenvalue weighted by Crippen LogP contribution is 2.23. The van der Waals surface area contributed by atoms with Crippen molar-refractivity contribution >= 4 is 17.5 Å². The Bertz CT molecular complexity index is 613. The third kappa shape index (κ3) is 3.61. The third-order valence-electron chi connectivity index (χ3n) is 2.40. The van der Waals surface area contributed by atoms with E-state index in [0.29, 0.717) is 0 Å². The molecule has 2 aromatic carbocycles. The van der Waals surface area contributed by atoms with Crippen LogP contribution in [-0.2, 0) is 0 Å². The van der Waals surface area contributed by atoms with Gasteiger partial charge in [0.05, 0.1) is 5.75 Å². The summed E-state index contributed by atoms with van der Waals surface area (Å²) in [5.41, 5.74) is 0.231. The molecular formula is C14H9F3OS. The highest BCUT2D eigenvalue weighted by atomic mass is 32.2. The highest BCUT2D eigenvalue weighted by molar-refractivity contribution is 8.00.